The number of halogens is 1. The van der Waals surface area contributed by atoms with Gasteiger partial charge in [0.15, 0.2) is 0 Å². The molecule has 2 amide bonds. The Kier molecular flexibility index (Phi) is 6.70. The number of ether oxygens (including phenoxy) is 1. The van der Waals surface area contributed by atoms with Crippen LogP contribution in [0.1, 0.15) is 53.2 Å². The predicted molar refractivity (Wildman–Crippen MR) is 127 cm³/mol. The Hall–Kier alpha value is -3.81. The van der Waals surface area contributed by atoms with E-state index in [4.69, 9.17) is 4.74 Å². The first-order valence-electron chi connectivity index (χ1n) is 12.0. The number of aromatic nitrogens is 2. The van der Waals surface area contributed by atoms with Gasteiger partial charge in [-0.25, -0.2) is 9.37 Å². The monoisotopic (exact) mass is 474 g/mol. The van der Waals surface area contributed by atoms with E-state index in [1.165, 1.54) is 12.1 Å². The van der Waals surface area contributed by atoms with E-state index in [0.717, 1.165) is 31.4 Å². The van der Waals surface area contributed by atoms with Crippen molar-refractivity contribution >= 4 is 11.8 Å². The summed E-state index contributed by atoms with van der Waals surface area (Å²) in [6.45, 7) is 2.47. The summed E-state index contributed by atoms with van der Waals surface area (Å²) in [6.07, 6.45) is 6.37. The molecule has 0 bridgehead atoms. The molecule has 0 saturated carbocycles. The first-order chi connectivity index (χ1) is 17.1. The van der Waals surface area contributed by atoms with Crippen LogP contribution in [0.25, 0.3) is 0 Å². The zero-order chi connectivity index (χ0) is 24.2. The Labute approximate surface area is 203 Å². The van der Waals surface area contributed by atoms with Crippen LogP contribution in [0.4, 0.5) is 4.39 Å². The minimum absolute atomic E-state index is 0.0257. The summed E-state index contributed by atoms with van der Waals surface area (Å²) in [5.74, 6) is 0.620. The highest BCUT2D eigenvalue weighted by Crippen LogP contribution is 2.33. The lowest BCUT2D eigenvalue weighted by Gasteiger charge is -2.33. The number of hydrogen-bond acceptors (Lipinski definition) is 5. The van der Waals surface area contributed by atoms with Crippen molar-refractivity contribution in [2.45, 2.75) is 38.1 Å². The Morgan fingerprint density at radius 2 is 1.89 bits per heavy atom. The molecule has 180 valence electrons. The first kappa shape index (κ1) is 23.0. The quantitative estimate of drug-likeness (QED) is 0.524. The lowest BCUT2D eigenvalue weighted by atomic mass is 9.94. The van der Waals surface area contributed by atoms with Gasteiger partial charge in [-0.05, 0) is 61.2 Å². The van der Waals surface area contributed by atoms with Crippen molar-refractivity contribution < 1.29 is 18.7 Å². The van der Waals surface area contributed by atoms with Gasteiger partial charge in [-0.2, -0.15) is 0 Å². The summed E-state index contributed by atoms with van der Waals surface area (Å²) in [4.78, 5) is 37.9. The molecule has 3 aromatic rings. The summed E-state index contributed by atoms with van der Waals surface area (Å²) >= 11 is 0. The van der Waals surface area contributed by atoms with Crippen LogP contribution in [0.3, 0.4) is 0 Å². The highest BCUT2D eigenvalue weighted by Gasteiger charge is 2.29. The smallest absolute Gasteiger partial charge is 0.253 e. The second kappa shape index (κ2) is 10.2. The Bertz CT molecular complexity index is 1220. The highest BCUT2D eigenvalue weighted by atomic mass is 19.1. The van der Waals surface area contributed by atoms with Crippen LogP contribution in [0.2, 0.25) is 0 Å². The maximum atomic E-state index is 13.4. The average Bonchev–Trinajstić information content (AvgIpc) is 3.29. The molecule has 0 N–H and O–H groups in total. The van der Waals surface area contributed by atoms with Crippen LogP contribution in [0, 0.1) is 5.82 Å². The maximum absolute atomic E-state index is 13.4. The first-order valence-corrected chi connectivity index (χ1v) is 12.0. The molecule has 2 aliphatic rings. The van der Waals surface area contributed by atoms with Crippen LogP contribution in [0.5, 0.6) is 11.6 Å². The molecule has 1 aromatic heterocycles. The third-order valence-corrected chi connectivity index (χ3v) is 6.53. The number of likely N-dealkylation sites (tertiary alicyclic amines) is 2. The van der Waals surface area contributed by atoms with Crippen LogP contribution in [-0.4, -0.2) is 51.2 Å². The molecule has 1 unspecified atom stereocenters. The van der Waals surface area contributed by atoms with Crippen molar-refractivity contribution in [1.82, 2.24) is 19.8 Å². The van der Waals surface area contributed by atoms with E-state index in [1.807, 2.05) is 34.1 Å². The van der Waals surface area contributed by atoms with Gasteiger partial charge in [0.1, 0.15) is 17.3 Å². The lowest BCUT2D eigenvalue weighted by molar-refractivity contribution is -0.128. The Morgan fingerprint density at radius 1 is 1.06 bits per heavy atom. The summed E-state index contributed by atoms with van der Waals surface area (Å²) in [5, 5.41) is 0. The molecule has 0 radical (unpaired) electrons. The van der Waals surface area contributed by atoms with Crippen molar-refractivity contribution in [2.75, 3.05) is 19.6 Å². The van der Waals surface area contributed by atoms with Gasteiger partial charge >= 0.3 is 0 Å². The van der Waals surface area contributed by atoms with E-state index in [-0.39, 0.29) is 23.5 Å². The van der Waals surface area contributed by atoms with Gasteiger partial charge in [0.05, 0.1) is 0 Å². The van der Waals surface area contributed by atoms with Gasteiger partial charge in [0.2, 0.25) is 11.8 Å². The van der Waals surface area contributed by atoms with Crippen LogP contribution in [-0.2, 0) is 11.3 Å². The zero-order valence-electron chi connectivity index (χ0n) is 19.4. The maximum Gasteiger partial charge on any atom is 0.253 e. The molecule has 7 nitrogen and oxygen atoms in total. The number of rotatable bonds is 6. The van der Waals surface area contributed by atoms with Gasteiger partial charge in [0, 0.05) is 56.5 Å². The molecule has 3 heterocycles. The minimum atomic E-state index is -0.339. The summed E-state index contributed by atoms with van der Waals surface area (Å²) in [6, 6.07) is 13.3. The van der Waals surface area contributed by atoms with Crippen molar-refractivity contribution in [3.05, 3.63) is 83.6 Å². The third-order valence-electron chi connectivity index (χ3n) is 6.53. The molecular weight excluding hydrogens is 447 g/mol. The number of benzene rings is 2. The fourth-order valence-electron chi connectivity index (χ4n) is 4.77. The topological polar surface area (TPSA) is 75.6 Å². The van der Waals surface area contributed by atoms with Crippen molar-refractivity contribution in [3.8, 4) is 11.6 Å². The third kappa shape index (κ3) is 5.31. The molecule has 2 aliphatic heterocycles. The molecular formula is C27H27FN4O3. The van der Waals surface area contributed by atoms with E-state index < -0.39 is 0 Å². The highest BCUT2D eigenvalue weighted by molar-refractivity contribution is 5.94. The van der Waals surface area contributed by atoms with E-state index >= 15 is 0 Å². The molecule has 2 saturated heterocycles. The standard InChI is InChI=1S/C27H27FN4O3/c28-22-8-10-23(11-9-22)35-26-25(29-12-13-30-26)21-6-2-15-32(18-21)27(34)20-5-1-4-19(16-20)17-31-14-3-7-24(31)33/h1,4-5,8-13,16,21H,2-3,6-7,14-15,17-18H2. The average molecular weight is 475 g/mol. The predicted octanol–water partition coefficient (Wildman–Crippen LogP) is 4.55. The largest absolute Gasteiger partial charge is 0.437 e. The molecule has 2 fully saturated rings. The summed E-state index contributed by atoms with van der Waals surface area (Å²) in [7, 11) is 0. The fraction of sp³-hybridized carbons (Fsp3) is 0.333. The van der Waals surface area contributed by atoms with Crippen molar-refractivity contribution in [3.63, 3.8) is 0 Å². The van der Waals surface area contributed by atoms with Crippen LogP contribution < -0.4 is 4.74 Å². The van der Waals surface area contributed by atoms with Gasteiger partial charge in [-0.3, -0.25) is 14.6 Å². The number of nitrogens with zero attached hydrogens (tertiary/aromatic N) is 4. The second-order valence-electron chi connectivity index (χ2n) is 9.01. The minimum Gasteiger partial charge on any atom is -0.437 e. The van der Waals surface area contributed by atoms with Crippen molar-refractivity contribution in [2.24, 2.45) is 0 Å². The number of amides is 2. The van der Waals surface area contributed by atoms with Gasteiger partial charge in [0.25, 0.3) is 5.91 Å². The SMILES string of the molecule is O=C1CCCN1Cc1cccc(C(=O)N2CCCC(c3nccnc3Oc3ccc(F)cc3)C2)c1. The number of piperidine rings is 1. The van der Waals surface area contributed by atoms with E-state index in [9.17, 15) is 14.0 Å². The molecule has 5 rings (SSSR count). The Balaban J connectivity index is 1.30. The molecule has 2 aromatic carbocycles. The van der Waals surface area contributed by atoms with Gasteiger partial charge in [-0.1, -0.05) is 12.1 Å². The normalized spacial score (nSPS) is 18.1. The van der Waals surface area contributed by atoms with E-state index in [0.29, 0.717) is 48.9 Å². The molecule has 0 spiro atoms. The zero-order valence-corrected chi connectivity index (χ0v) is 19.4. The molecule has 8 heteroatoms. The van der Waals surface area contributed by atoms with Crippen LogP contribution in [0.15, 0.2) is 60.9 Å². The lowest BCUT2D eigenvalue weighted by Crippen LogP contribution is -2.39. The number of carbonyl (C=O) groups excluding carboxylic acids is 2. The van der Waals surface area contributed by atoms with Crippen molar-refractivity contribution in [1.29, 1.82) is 0 Å². The summed E-state index contributed by atoms with van der Waals surface area (Å²) in [5.41, 5.74) is 2.27. The van der Waals surface area contributed by atoms with Crippen LogP contribution >= 0.6 is 0 Å². The summed E-state index contributed by atoms with van der Waals surface area (Å²) < 4.78 is 19.2. The fourth-order valence-corrected chi connectivity index (χ4v) is 4.77. The van der Waals surface area contributed by atoms with E-state index in [2.05, 4.69) is 9.97 Å². The van der Waals surface area contributed by atoms with Gasteiger partial charge in [-0.15, -0.1) is 0 Å². The molecule has 0 aliphatic carbocycles. The molecule has 1 atom stereocenters. The van der Waals surface area contributed by atoms with E-state index in [1.54, 1.807) is 24.5 Å². The second-order valence-corrected chi connectivity index (χ2v) is 9.01. The molecule has 35 heavy (non-hydrogen) atoms. The number of hydrogen-bond donors (Lipinski definition) is 0. The Morgan fingerprint density at radius 3 is 2.69 bits per heavy atom. The number of carbonyl (C=O) groups is 2. The van der Waals surface area contributed by atoms with Gasteiger partial charge < -0.3 is 14.5 Å².